The number of benzene rings is 2. The molecule has 2 aromatic carbocycles. The summed E-state index contributed by atoms with van der Waals surface area (Å²) in [5.41, 5.74) is 0.613. The van der Waals surface area contributed by atoms with E-state index in [4.69, 9.17) is 14.2 Å². The maximum atomic E-state index is 13.2. The van der Waals surface area contributed by atoms with Gasteiger partial charge in [-0.2, -0.15) is 0 Å². The third kappa shape index (κ3) is 5.75. The molecule has 1 aliphatic rings. The zero-order valence-corrected chi connectivity index (χ0v) is 19.6. The van der Waals surface area contributed by atoms with Crippen molar-refractivity contribution in [3.05, 3.63) is 60.9 Å². The van der Waals surface area contributed by atoms with Crippen molar-refractivity contribution in [2.45, 2.75) is 26.7 Å². The molecular weight excluding hydrogens is 432 g/mol. The van der Waals surface area contributed by atoms with Crippen LogP contribution in [0.25, 0.3) is 0 Å². The van der Waals surface area contributed by atoms with Crippen molar-refractivity contribution in [3.8, 4) is 23.1 Å². The monoisotopic (exact) mass is 462 g/mol. The Morgan fingerprint density at radius 1 is 1.03 bits per heavy atom. The molecule has 1 N–H and O–H groups in total. The van der Waals surface area contributed by atoms with Gasteiger partial charge >= 0.3 is 0 Å². The van der Waals surface area contributed by atoms with E-state index in [1.807, 2.05) is 62.4 Å². The maximum Gasteiger partial charge on any atom is 0.263 e. The van der Waals surface area contributed by atoms with Gasteiger partial charge in [0.25, 0.3) is 5.88 Å². The van der Waals surface area contributed by atoms with Crippen LogP contribution in [0.4, 0.5) is 11.5 Å². The quantitative estimate of drug-likeness (QED) is 0.483. The molecule has 1 atom stereocenters. The number of ether oxygens (including phenoxy) is 3. The van der Waals surface area contributed by atoms with E-state index in [2.05, 4.69) is 20.2 Å². The van der Waals surface area contributed by atoms with Gasteiger partial charge in [0, 0.05) is 31.5 Å². The zero-order chi connectivity index (χ0) is 23.8. The zero-order valence-electron chi connectivity index (χ0n) is 19.6. The topological polar surface area (TPSA) is 85.8 Å². The first-order valence-corrected chi connectivity index (χ1v) is 11.7. The van der Waals surface area contributed by atoms with Crippen molar-refractivity contribution in [2.24, 2.45) is 5.92 Å². The van der Waals surface area contributed by atoms with Gasteiger partial charge in [0.2, 0.25) is 5.91 Å². The molecule has 0 aliphatic carbocycles. The highest BCUT2D eigenvalue weighted by Gasteiger charge is 2.29. The van der Waals surface area contributed by atoms with Gasteiger partial charge in [0.1, 0.15) is 17.2 Å². The number of aromatic nitrogens is 2. The van der Waals surface area contributed by atoms with Crippen LogP contribution >= 0.6 is 0 Å². The van der Waals surface area contributed by atoms with E-state index >= 15 is 0 Å². The molecule has 0 bridgehead atoms. The highest BCUT2D eigenvalue weighted by molar-refractivity contribution is 5.94. The Labute approximate surface area is 199 Å². The number of hydrogen-bond donors (Lipinski definition) is 1. The number of piperidine rings is 1. The number of para-hydroxylation sites is 1. The number of amides is 1. The van der Waals surface area contributed by atoms with E-state index in [9.17, 15) is 4.79 Å². The molecule has 8 heteroatoms. The van der Waals surface area contributed by atoms with E-state index in [-0.39, 0.29) is 11.8 Å². The number of nitrogens with one attached hydrogen (secondary N) is 1. The lowest BCUT2D eigenvalue weighted by Gasteiger charge is -2.33. The molecule has 34 heavy (non-hydrogen) atoms. The van der Waals surface area contributed by atoms with Crippen LogP contribution in [0.1, 0.15) is 26.7 Å². The minimum absolute atomic E-state index is 0.0614. The summed E-state index contributed by atoms with van der Waals surface area (Å²) in [5.74, 6) is 2.79. The fourth-order valence-corrected chi connectivity index (χ4v) is 3.97. The van der Waals surface area contributed by atoms with Crippen molar-refractivity contribution in [1.82, 2.24) is 9.97 Å². The summed E-state index contributed by atoms with van der Waals surface area (Å²) in [4.78, 5) is 24.2. The predicted molar refractivity (Wildman–Crippen MR) is 131 cm³/mol. The Bertz CT molecular complexity index is 1090. The molecule has 8 nitrogen and oxygen atoms in total. The number of carbonyl (C=O) groups is 1. The minimum atomic E-state index is -0.217. The predicted octanol–water partition coefficient (Wildman–Crippen LogP) is 4.92. The summed E-state index contributed by atoms with van der Waals surface area (Å²) in [7, 11) is 0. The average Bonchev–Trinajstić information content (AvgIpc) is 2.87. The second-order valence-corrected chi connectivity index (χ2v) is 7.90. The first-order valence-electron chi connectivity index (χ1n) is 11.7. The Balaban J connectivity index is 1.49. The number of anilines is 2. The average molecular weight is 463 g/mol. The smallest absolute Gasteiger partial charge is 0.263 e. The van der Waals surface area contributed by atoms with E-state index in [1.54, 1.807) is 12.4 Å². The molecule has 1 aliphatic heterocycles. The number of hydrogen-bond acceptors (Lipinski definition) is 7. The van der Waals surface area contributed by atoms with Gasteiger partial charge in [-0.1, -0.05) is 18.2 Å². The summed E-state index contributed by atoms with van der Waals surface area (Å²) in [6.45, 7) is 6.18. The van der Waals surface area contributed by atoms with Gasteiger partial charge in [-0.25, -0.2) is 9.97 Å². The standard InChI is InChI=1S/C26H30N4O4/c1-3-32-21-12-13-23(33-4-2)22(17-21)29-25(31)19-9-8-16-30(18-19)24-26(28-15-14-27-24)34-20-10-6-5-7-11-20/h5-7,10-15,17,19H,3-4,8-9,16,18H2,1-2H3,(H,29,31). The Hall–Kier alpha value is -3.81. The highest BCUT2D eigenvalue weighted by atomic mass is 16.5. The SMILES string of the molecule is CCOc1ccc(OCC)c(NC(=O)C2CCCN(c3nccnc3Oc3ccccc3)C2)c1. The molecule has 1 fully saturated rings. The summed E-state index contributed by atoms with van der Waals surface area (Å²) < 4.78 is 17.3. The molecule has 0 spiro atoms. The third-order valence-corrected chi connectivity index (χ3v) is 5.52. The Morgan fingerprint density at radius 2 is 1.82 bits per heavy atom. The molecule has 4 rings (SSSR count). The van der Waals surface area contributed by atoms with E-state index in [1.165, 1.54) is 0 Å². The molecular formula is C26H30N4O4. The normalized spacial score (nSPS) is 15.5. The van der Waals surface area contributed by atoms with Crippen molar-refractivity contribution in [2.75, 3.05) is 36.5 Å². The molecule has 3 aromatic rings. The maximum absolute atomic E-state index is 13.2. The number of nitrogens with zero attached hydrogens (tertiary/aromatic N) is 3. The Morgan fingerprint density at radius 3 is 2.62 bits per heavy atom. The largest absolute Gasteiger partial charge is 0.494 e. The Kier molecular flexibility index (Phi) is 7.80. The van der Waals surface area contributed by atoms with Crippen LogP contribution in [0.15, 0.2) is 60.9 Å². The molecule has 0 saturated carbocycles. The molecule has 0 radical (unpaired) electrons. The van der Waals surface area contributed by atoms with Crippen LogP contribution in [0.2, 0.25) is 0 Å². The fraction of sp³-hybridized carbons (Fsp3) is 0.346. The molecule has 1 saturated heterocycles. The number of rotatable bonds is 9. The van der Waals surface area contributed by atoms with E-state index in [0.29, 0.717) is 54.4 Å². The van der Waals surface area contributed by atoms with Gasteiger partial charge in [-0.3, -0.25) is 4.79 Å². The molecule has 178 valence electrons. The fourth-order valence-electron chi connectivity index (χ4n) is 3.97. The van der Waals surface area contributed by atoms with E-state index < -0.39 is 0 Å². The first-order chi connectivity index (χ1) is 16.7. The van der Waals surface area contributed by atoms with Crippen molar-refractivity contribution >= 4 is 17.4 Å². The lowest BCUT2D eigenvalue weighted by molar-refractivity contribution is -0.120. The van der Waals surface area contributed by atoms with Gasteiger partial charge in [-0.05, 0) is 51.0 Å². The van der Waals surface area contributed by atoms with Crippen molar-refractivity contribution in [1.29, 1.82) is 0 Å². The van der Waals surface area contributed by atoms with Gasteiger partial charge in [0.15, 0.2) is 5.82 Å². The van der Waals surface area contributed by atoms with Gasteiger partial charge in [-0.15, -0.1) is 0 Å². The summed E-state index contributed by atoms with van der Waals surface area (Å²) in [5, 5.41) is 3.05. The molecule has 1 amide bonds. The molecule has 1 aromatic heterocycles. The lowest BCUT2D eigenvalue weighted by Crippen LogP contribution is -2.41. The van der Waals surface area contributed by atoms with Crippen LogP contribution in [0.3, 0.4) is 0 Å². The van der Waals surface area contributed by atoms with Gasteiger partial charge in [0.05, 0.1) is 24.8 Å². The lowest BCUT2D eigenvalue weighted by atomic mass is 9.97. The van der Waals surface area contributed by atoms with Crippen LogP contribution < -0.4 is 24.4 Å². The first kappa shape index (κ1) is 23.4. The molecule has 1 unspecified atom stereocenters. The highest BCUT2D eigenvalue weighted by Crippen LogP contribution is 2.33. The summed E-state index contributed by atoms with van der Waals surface area (Å²) in [6.07, 6.45) is 4.89. The second kappa shape index (κ2) is 11.4. The van der Waals surface area contributed by atoms with E-state index in [0.717, 1.165) is 19.4 Å². The summed E-state index contributed by atoms with van der Waals surface area (Å²) >= 11 is 0. The minimum Gasteiger partial charge on any atom is -0.494 e. The molecule has 2 heterocycles. The third-order valence-electron chi connectivity index (χ3n) is 5.52. The second-order valence-electron chi connectivity index (χ2n) is 7.90. The number of carbonyl (C=O) groups excluding carboxylic acids is 1. The van der Waals surface area contributed by atoms with Crippen LogP contribution in [-0.4, -0.2) is 42.2 Å². The van der Waals surface area contributed by atoms with Crippen LogP contribution in [0, 0.1) is 5.92 Å². The van der Waals surface area contributed by atoms with Crippen molar-refractivity contribution in [3.63, 3.8) is 0 Å². The van der Waals surface area contributed by atoms with Gasteiger partial charge < -0.3 is 24.4 Å². The van der Waals surface area contributed by atoms with Crippen molar-refractivity contribution < 1.29 is 19.0 Å². The van der Waals surface area contributed by atoms with Crippen LogP contribution in [-0.2, 0) is 4.79 Å². The van der Waals surface area contributed by atoms with Crippen LogP contribution in [0.5, 0.6) is 23.1 Å². The summed E-state index contributed by atoms with van der Waals surface area (Å²) in [6, 6.07) is 15.0.